The fourth-order valence-corrected chi connectivity index (χ4v) is 3.00. The van der Waals surface area contributed by atoms with Crippen molar-refractivity contribution in [2.45, 2.75) is 6.04 Å². The first-order valence-corrected chi connectivity index (χ1v) is 8.85. The molecule has 0 radical (unpaired) electrons. The third kappa shape index (κ3) is 4.23. The quantitative estimate of drug-likeness (QED) is 0.641. The number of rotatable bonds is 7. The van der Waals surface area contributed by atoms with Crippen molar-refractivity contribution in [1.29, 1.82) is 0 Å². The molecule has 144 valence electrons. The minimum absolute atomic E-state index is 0.235. The van der Waals surface area contributed by atoms with Crippen LogP contribution in [0.3, 0.4) is 0 Å². The predicted molar refractivity (Wildman–Crippen MR) is 108 cm³/mol. The van der Waals surface area contributed by atoms with E-state index in [0.717, 1.165) is 17.0 Å². The summed E-state index contributed by atoms with van der Waals surface area (Å²) in [6.07, 6.45) is 6.76. The number of hydrogen-bond acceptors (Lipinski definition) is 4. The Morgan fingerprint density at radius 2 is 1.89 bits per heavy atom. The number of methoxy groups -OCH3 is 2. The van der Waals surface area contributed by atoms with Gasteiger partial charge in [-0.2, -0.15) is 0 Å². The Labute approximate surface area is 164 Å². The number of aromatic nitrogens is 2. The van der Waals surface area contributed by atoms with Crippen molar-refractivity contribution in [3.05, 3.63) is 84.0 Å². The number of nitrogens with one attached hydrogen (secondary N) is 1. The normalized spacial score (nSPS) is 12.0. The molecule has 2 aromatic carbocycles. The van der Waals surface area contributed by atoms with Gasteiger partial charge in [0.1, 0.15) is 11.9 Å². The van der Waals surface area contributed by atoms with Gasteiger partial charge in [-0.3, -0.25) is 4.79 Å². The summed E-state index contributed by atoms with van der Waals surface area (Å²) in [6.45, 7) is 0. The number of aryl methyl sites for hydroxylation is 1. The summed E-state index contributed by atoms with van der Waals surface area (Å²) in [6, 6.07) is 14.9. The molecule has 1 aromatic heterocycles. The van der Waals surface area contributed by atoms with Crippen molar-refractivity contribution in [2.75, 3.05) is 14.2 Å². The van der Waals surface area contributed by atoms with Crippen LogP contribution in [-0.4, -0.2) is 29.7 Å². The SMILES string of the molecule is COc1cccc(C=CC(=O)NC(c2ccccc2)c2nccn2C)c1OC. The van der Waals surface area contributed by atoms with Gasteiger partial charge in [-0.25, -0.2) is 4.98 Å². The molecule has 0 bridgehead atoms. The van der Waals surface area contributed by atoms with Gasteiger partial charge in [0.05, 0.1) is 14.2 Å². The number of carbonyl (C=O) groups excluding carboxylic acids is 1. The summed E-state index contributed by atoms with van der Waals surface area (Å²) >= 11 is 0. The first-order chi connectivity index (χ1) is 13.6. The third-order valence-corrected chi connectivity index (χ3v) is 4.38. The average molecular weight is 377 g/mol. The van der Waals surface area contributed by atoms with Gasteiger partial charge in [-0.1, -0.05) is 42.5 Å². The second kappa shape index (κ2) is 8.90. The zero-order chi connectivity index (χ0) is 19.9. The van der Waals surface area contributed by atoms with E-state index in [9.17, 15) is 4.79 Å². The molecule has 3 rings (SSSR count). The Kier molecular flexibility index (Phi) is 6.11. The van der Waals surface area contributed by atoms with Crippen molar-refractivity contribution in [3.8, 4) is 11.5 Å². The number of benzene rings is 2. The highest BCUT2D eigenvalue weighted by atomic mass is 16.5. The Hall–Kier alpha value is -3.54. The van der Waals surface area contributed by atoms with E-state index >= 15 is 0 Å². The summed E-state index contributed by atoms with van der Waals surface area (Å²) in [5.74, 6) is 1.71. The van der Waals surface area contributed by atoms with E-state index in [1.54, 1.807) is 26.5 Å². The van der Waals surface area contributed by atoms with Gasteiger partial charge in [-0.05, 0) is 17.7 Å². The van der Waals surface area contributed by atoms with Crippen LogP contribution in [0, 0.1) is 0 Å². The van der Waals surface area contributed by atoms with Crippen LogP contribution in [-0.2, 0) is 11.8 Å². The lowest BCUT2D eigenvalue weighted by Crippen LogP contribution is -2.29. The largest absolute Gasteiger partial charge is 0.493 e. The summed E-state index contributed by atoms with van der Waals surface area (Å²) in [5, 5.41) is 3.03. The Bertz CT molecular complexity index is 964. The molecule has 0 spiro atoms. The smallest absolute Gasteiger partial charge is 0.244 e. The molecule has 1 heterocycles. The highest BCUT2D eigenvalue weighted by molar-refractivity contribution is 5.92. The standard InChI is InChI=1S/C22H23N3O3/c1-25-15-14-23-22(25)20(16-8-5-4-6-9-16)24-19(26)13-12-17-10-7-11-18(27-2)21(17)28-3/h4-15,20H,1-3H3,(H,24,26). The van der Waals surface area contributed by atoms with Crippen LogP contribution >= 0.6 is 0 Å². The van der Waals surface area contributed by atoms with Crippen LogP contribution in [0.5, 0.6) is 11.5 Å². The number of hydrogen-bond donors (Lipinski definition) is 1. The van der Waals surface area contributed by atoms with Gasteiger partial charge in [0.15, 0.2) is 11.5 Å². The minimum Gasteiger partial charge on any atom is -0.493 e. The van der Waals surface area contributed by atoms with E-state index in [4.69, 9.17) is 9.47 Å². The van der Waals surface area contributed by atoms with Gasteiger partial charge in [0.25, 0.3) is 0 Å². The zero-order valence-electron chi connectivity index (χ0n) is 16.1. The fraction of sp³-hybridized carbons (Fsp3) is 0.182. The lowest BCUT2D eigenvalue weighted by Gasteiger charge is -2.18. The maximum atomic E-state index is 12.7. The van der Waals surface area contributed by atoms with Crippen molar-refractivity contribution in [1.82, 2.24) is 14.9 Å². The molecule has 0 aliphatic rings. The molecular weight excluding hydrogens is 354 g/mol. The molecule has 1 atom stereocenters. The molecule has 6 heteroatoms. The van der Waals surface area contributed by atoms with Gasteiger partial charge in [0, 0.05) is 31.1 Å². The first-order valence-electron chi connectivity index (χ1n) is 8.85. The van der Waals surface area contributed by atoms with Crippen molar-refractivity contribution >= 4 is 12.0 Å². The van der Waals surface area contributed by atoms with Crippen LogP contribution in [0.25, 0.3) is 6.08 Å². The Morgan fingerprint density at radius 3 is 2.54 bits per heavy atom. The second-order valence-corrected chi connectivity index (χ2v) is 6.16. The molecule has 1 unspecified atom stereocenters. The van der Waals surface area contributed by atoms with E-state index in [1.807, 2.05) is 66.3 Å². The average Bonchev–Trinajstić information content (AvgIpc) is 3.16. The van der Waals surface area contributed by atoms with Crippen molar-refractivity contribution in [2.24, 2.45) is 7.05 Å². The number of ether oxygens (including phenoxy) is 2. The molecule has 0 fully saturated rings. The van der Waals surface area contributed by atoms with Crippen LogP contribution in [0.1, 0.15) is 23.0 Å². The number of carbonyl (C=O) groups is 1. The first kappa shape index (κ1) is 19.2. The monoisotopic (exact) mass is 377 g/mol. The highest BCUT2D eigenvalue weighted by Crippen LogP contribution is 2.31. The van der Waals surface area contributed by atoms with Gasteiger partial charge >= 0.3 is 0 Å². The third-order valence-electron chi connectivity index (χ3n) is 4.38. The van der Waals surface area contributed by atoms with E-state index in [1.165, 1.54) is 6.08 Å². The lowest BCUT2D eigenvalue weighted by atomic mass is 10.1. The van der Waals surface area contributed by atoms with Gasteiger partial charge in [0.2, 0.25) is 5.91 Å². The molecule has 0 saturated heterocycles. The molecule has 3 aromatic rings. The maximum absolute atomic E-state index is 12.7. The zero-order valence-corrected chi connectivity index (χ0v) is 16.1. The van der Waals surface area contributed by atoms with Gasteiger partial charge < -0.3 is 19.4 Å². The molecule has 28 heavy (non-hydrogen) atoms. The molecular formula is C22H23N3O3. The van der Waals surface area contributed by atoms with Crippen LogP contribution in [0.15, 0.2) is 67.0 Å². The number of para-hydroxylation sites is 1. The minimum atomic E-state index is -0.356. The maximum Gasteiger partial charge on any atom is 0.244 e. The predicted octanol–water partition coefficient (Wildman–Crippen LogP) is 3.36. The van der Waals surface area contributed by atoms with E-state index in [2.05, 4.69) is 10.3 Å². The fourth-order valence-electron chi connectivity index (χ4n) is 3.00. The summed E-state index contributed by atoms with van der Waals surface area (Å²) < 4.78 is 12.6. The molecule has 6 nitrogen and oxygen atoms in total. The Balaban J connectivity index is 1.84. The molecule has 1 N–H and O–H groups in total. The van der Waals surface area contributed by atoms with Crippen LogP contribution in [0.2, 0.25) is 0 Å². The highest BCUT2D eigenvalue weighted by Gasteiger charge is 2.19. The molecule has 0 aliphatic carbocycles. The molecule has 1 amide bonds. The van der Waals surface area contributed by atoms with Crippen molar-refractivity contribution < 1.29 is 14.3 Å². The topological polar surface area (TPSA) is 65.4 Å². The van der Waals surface area contributed by atoms with Crippen LogP contribution in [0.4, 0.5) is 0 Å². The Morgan fingerprint density at radius 1 is 1.11 bits per heavy atom. The number of imidazole rings is 1. The second-order valence-electron chi connectivity index (χ2n) is 6.16. The van der Waals surface area contributed by atoms with E-state index in [-0.39, 0.29) is 11.9 Å². The lowest BCUT2D eigenvalue weighted by molar-refractivity contribution is -0.117. The summed E-state index contributed by atoms with van der Waals surface area (Å²) in [7, 11) is 5.05. The van der Waals surface area contributed by atoms with E-state index in [0.29, 0.717) is 11.5 Å². The van der Waals surface area contributed by atoms with E-state index < -0.39 is 0 Å². The number of amides is 1. The van der Waals surface area contributed by atoms with Gasteiger partial charge in [-0.15, -0.1) is 0 Å². The number of nitrogens with zero attached hydrogens (tertiary/aromatic N) is 2. The molecule has 0 aliphatic heterocycles. The van der Waals surface area contributed by atoms with Crippen LogP contribution < -0.4 is 14.8 Å². The van der Waals surface area contributed by atoms with Crippen molar-refractivity contribution in [3.63, 3.8) is 0 Å². The molecule has 0 saturated carbocycles. The summed E-state index contributed by atoms with van der Waals surface area (Å²) in [5.41, 5.74) is 1.71. The summed E-state index contributed by atoms with van der Waals surface area (Å²) in [4.78, 5) is 17.1.